The Morgan fingerprint density at radius 1 is 1.28 bits per heavy atom. The van der Waals surface area contributed by atoms with E-state index < -0.39 is 5.97 Å². The molecule has 4 rings (SSSR count). The summed E-state index contributed by atoms with van der Waals surface area (Å²) in [6.45, 7) is 18.3. The molecule has 43 heavy (non-hydrogen) atoms. The number of hydrogen-bond acceptors (Lipinski definition) is 8. The van der Waals surface area contributed by atoms with Gasteiger partial charge in [-0.15, -0.1) is 0 Å². The first-order chi connectivity index (χ1) is 20.7. The van der Waals surface area contributed by atoms with E-state index in [2.05, 4.69) is 53.5 Å². The molecule has 0 aliphatic carbocycles. The van der Waals surface area contributed by atoms with Crippen molar-refractivity contribution in [3.63, 3.8) is 0 Å². The molecule has 228 valence electrons. The van der Waals surface area contributed by atoms with Crippen LogP contribution in [0.2, 0.25) is 0 Å². The number of rotatable bonds is 13. The van der Waals surface area contributed by atoms with Crippen molar-refractivity contribution in [3.05, 3.63) is 101 Å². The zero-order valence-corrected chi connectivity index (χ0v) is 25.3. The largest absolute Gasteiger partial charge is 0.488 e. The lowest BCUT2D eigenvalue weighted by atomic mass is 9.91. The van der Waals surface area contributed by atoms with Gasteiger partial charge in [-0.1, -0.05) is 50.4 Å². The normalized spacial score (nSPS) is 19.7. The van der Waals surface area contributed by atoms with Gasteiger partial charge in [0.2, 0.25) is 5.88 Å². The highest BCUT2D eigenvalue weighted by Gasteiger charge is 2.30. The fourth-order valence-corrected chi connectivity index (χ4v) is 5.63. The first-order valence-electron chi connectivity index (χ1n) is 14.7. The Morgan fingerprint density at radius 2 is 2.09 bits per heavy atom. The lowest BCUT2D eigenvalue weighted by molar-refractivity contribution is -0.132. The van der Waals surface area contributed by atoms with E-state index in [1.54, 1.807) is 25.1 Å². The Balaban J connectivity index is 1.52. The second-order valence-corrected chi connectivity index (χ2v) is 10.9. The molecular weight excluding hydrogens is 544 g/mol. The fraction of sp³-hybridized carbons (Fsp3) is 0.382. The molecule has 1 fully saturated rings. The van der Waals surface area contributed by atoms with Gasteiger partial charge in [-0.05, 0) is 67.0 Å². The summed E-state index contributed by atoms with van der Waals surface area (Å²) in [7, 11) is 0. The average Bonchev–Trinajstić information content (AvgIpc) is 2.99. The first kappa shape index (κ1) is 31.7. The van der Waals surface area contributed by atoms with Crippen LogP contribution in [0.1, 0.15) is 49.6 Å². The molecule has 0 radical (unpaired) electrons. The van der Waals surface area contributed by atoms with Gasteiger partial charge in [-0.25, -0.2) is 9.78 Å². The third-order valence-electron chi connectivity index (χ3n) is 7.77. The smallest absolute Gasteiger partial charge is 0.342 e. The third-order valence-corrected chi connectivity index (χ3v) is 7.77. The molecule has 9 heteroatoms. The molecule has 0 amide bonds. The van der Waals surface area contributed by atoms with Crippen LogP contribution in [0.3, 0.4) is 0 Å². The molecule has 2 aliphatic heterocycles. The number of allylic oxidation sites excluding steroid dienone is 3. The van der Waals surface area contributed by atoms with E-state index in [4.69, 9.17) is 19.6 Å². The van der Waals surface area contributed by atoms with Crippen LogP contribution in [0.5, 0.6) is 0 Å². The van der Waals surface area contributed by atoms with E-state index in [-0.39, 0.29) is 18.1 Å². The summed E-state index contributed by atoms with van der Waals surface area (Å²) in [5, 5.41) is 19.8. The molecule has 1 aromatic heterocycles. The number of nitrogens with zero attached hydrogens (tertiary/aromatic N) is 2. The number of anilines is 1. The molecule has 2 unspecified atom stereocenters. The summed E-state index contributed by atoms with van der Waals surface area (Å²) >= 11 is 0. The van der Waals surface area contributed by atoms with Crippen LogP contribution in [-0.4, -0.2) is 59.6 Å². The number of carbonyl (C=O) groups is 1. The molecule has 0 spiro atoms. The van der Waals surface area contributed by atoms with Gasteiger partial charge in [0.25, 0.3) is 0 Å². The molecule has 3 N–H and O–H groups in total. The Labute approximate surface area is 254 Å². The second kappa shape index (κ2) is 14.8. The minimum absolute atomic E-state index is 0.0621. The predicted octanol–water partition coefficient (Wildman–Crippen LogP) is 5.95. The summed E-state index contributed by atoms with van der Waals surface area (Å²) in [4.78, 5) is 18.8. The molecule has 2 aromatic rings. The number of hydrogen-bond donors (Lipinski definition) is 3. The van der Waals surface area contributed by atoms with Crippen LogP contribution in [0.15, 0.2) is 78.4 Å². The van der Waals surface area contributed by atoms with E-state index in [1.807, 2.05) is 13.0 Å². The van der Waals surface area contributed by atoms with E-state index in [1.165, 1.54) is 11.1 Å². The van der Waals surface area contributed by atoms with E-state index in [0.717, 1.165) is 56.5 Å². The summed E-state index contributed by atoms with van der Waals surface area (Å²) < 4.78 is 17.5. The molecular formula is C34H42N4O5. The number of fused-ring (bicyclic) bond motifs is 1. The summed E-state index contributed by atoms with van der Waals surface area (Å²) in [5.74, 6) is 0.129. The maximum absolute atomic E-state index is 11.6. The van der Waals surface area contributed by atoms with Crippen molar-refractivity contribution in [1.29, 1.82) is 5.41 Å². The lowest BCUT2D eigenvalue weighted by Crippen LogP contribution is -2.46. The zero-order valence-electron chi connectivity index (χ0n) is 25.3. The van der Waals surface area contributed by atoms with Crippen LogP contribution < -0.4 is 5.32 Å². The molecule has 2 aliphatic rings. The van der Waals surface area contributed by atoms with Gasteiger partial charge in [0.05, 0.1) is 18.9 Å². The molecule has 3 heterocycles. The van der Waals surface area contributed by atoms with Gasteiger partial charge in [0.1, 0.15) is 23.8 Å². The van der Waals surface area contributed by atoms with Crippen molar-refractivity contribution in [3.8, 4) is 0 Å². The Bertz CT molecular complexity index is 1430. The minimum Gasteiger partial charge on any atom is -0.488 e. The highest BCUT2D eigenvalue weighted by atomic mass is 16.5. The van der Waals surface area contributed by atoms with Crippen molar-refractivity contribution in [2.45, 2.75) is 52.8 Å². The number of benzene rings is 1. The molecule has 1 saturated heterocycles. The van der Waals surface area contributed by atoms with Gasteiger partial charge in [-0.3, -0.25) is 4.90 Å². The van der Waals surface area contributed by atoms with E-state index >= 15 is 0 Å². The number of aromatic nitrogens is 1. The number of carboxylic acid groups (broad SMARTS) is 1. The Hall–Kier alpha value is -4.21. The zero-order chi connectivity index (χ0) is 30.9. The van der Waals surface area contributed by atoms with Crippen molar-refractivity contribution < 1.29 is 24.1 Å². The van der Waals surface area contributed by atoms with Crippen LogP contribution in [-0.2, 0) is 38.6 Å². The standard InChI is InChI=1S/C34H42N4O5/c1-6-27(29-9-8-10-31(36-29)37-33(42-7-2)28(18-35)34(39)40)32(22(3)4)43-21-24-11-12-26-19-38(15-13-25(26)17-24)30-14-16-41-20-23(30)5/h6,8-12,17-18,23,30,35H,1,3,7,13-16,19-21H2,2,4-5H3,(H,36,37)(H,39,40)/b32-27-,33-28-,35-18?. The molecule has 9 nitrogen and oxygen atoms in total. The minimum atomic E-state index is -1.28. The van der Waals surface area contributed by atoms with Crippen LogP contribution >= 0.6 is 0 Å². The summed E-state index contributed by atoms with van der Waals surface area (Å²) in [5.41, 5.74) is 5.45. The number of nitrogens with one attached hydrogen (secondary N) is 2. The van der Waals surface area contributed by atoms with Gasteiger partial charge >= 0.3 is 5.97 Å². The van der Waals surface area contributed by atoms with Crippen LogP contribution in [0.4, 0.5) is 5.82 Å². The molecule has 0 saturated carbocycles. The third kappa shape index (κ3) is 7.80. The van der Waals surface area contributed by atoms with Crippen molar-refractivity contribution in [1.82, 2.24) is 9.88 Å². The summed E-state index contributed by atoms with van der Waals surface area (Å²) in [6.07, 6.45) is 4.51. The lowest BCUT2D eigenvalue weighted by Gasteiger charge is -2.41. The van der Waals surface area contributed by atoms with Crippen LogP contribution in [0, 0.1) is 11.3 Å². The van der Waals surface area contributed by atoms with Gasteiger partial charge < -0.3 is 30.0 Å². The van der Waals surface area contributed by atoms with E-state index in [0.29, 0.717) is 41.4 Å². The van der Waals surface area contributed by atoms with Gasteiger partial charge in [0.15, 0.2) is 0 Å². The molecule has 0 bridgehead atoms. The topological polar surface area (TPSA) is 117 Å². The highest BCUT2D eigenvalue weighted by molar-refractivity contribution is 6.08. The number of pyridine rings is 1. The molecule has 1 aromatic carbocycles. The van der Waals surface area contributed by atoms with Crippen LogP contribution in [0.25, 0.3) is 5.57 Å². The molecule has 2 atom stereocenters. The van der Waals surface area contributed by atoms with Gasteiger partial charge in [0, 0.05) is 37.5 Å². The quantitative estimate of drug-likeness (QED) is 0.114. The Kier molecular flexibility index (Phi) is 10.9. The first-order valence-corrected chi connectivity index (χ1v) is 14.7. The van der Waals surface area contributed by atoms with Crippen molar-refractivity contribution >= 4 is 23.6 Å². The SMILES string of the molecule is C=C/C(=C(/OCc1ccc2c(c1)CCN(C1CCOCC1C)C2)C(=C)C)c1cccc(N/C(OCC)=C(\C=N)C(=O)O)n1. The maximum atomic E-state index is 11.6. The monoisotopic (exact) mass is 586 g/mol. The van der Waals surface area contributed by atoms with Crippen molar-refractivity contribution in [2.75, 3.05) is 31.7 Å². The predicted molar refractivity (Wildman–Crippen MR) is 169 cm³/mol. The fourth-order valence-electron chi connectivity index (χ4n) is 5.63. The number of aliphatic carboxylic acids is 1. The average molecular weight is 587 g/mol. The second-order valence-electron chi connectivity index (χ2n) is 10.9. The number of carboxylic acids is 1. The van der Waals surface area contributed by atoms with Gasteiger partial charge in [-0.2, -0.15) is 0 Å². The highest BCUT2D eigenvalue weighted by Crippen LogP contribution is 2.30. The maximum Gasteiger partial charge on any atom is 0.342 e. The van der Waals surface area contributed by atoms with E-state index in [9.17, 15) is 9.90 Å². The number of ether oxygens (including phenoxy) is 3. The Morgan fingerprint density at radius 3 is 2.77 bits per heavy atom. The summed E-state index contributed by atoms with van der Waals surface area (Å²) in [6, 6.07) is 12.5. The van der Waals surface area contributed by atoms with Crippen molar-refractivity contribution in [2.24, 2.45) is 5.92 Å².